The summed E-state index contributed by atoms with van der Waals surface area (Å²) >= 11 is 6.24. The number of nitrogens with zero attached hydrogens (tertiary/aromatic N) is 1. The molecule has 1 saturated heterocycles. The number of nitrogens with one attached hydrogen (secondary N) is 3. The predicted molar refractivity (Wildman–Crippen MR) is 123 cm³/mol. The van der Waals surface area contributed by atoms with Crippen LogP contribution in [0.2, 0.25) is 5.02 Å². The van der Waals surface area contributed by atoms with Gasteiger partial charge in [0.25, 0.3) is 5.91 Å². The molecule has 2 aromatic carbocycles. The van der Waals surface area contributed by atoms with E-state index in [2.05, 4.69) is 20.5 Å². The number of aromatic nitrogens is 1. The summed E-state index contributed by atoms with van der Waals surface area (Å²) in [5.74, 6) is -0.305. The van der Waals surface area contributed by atoms with E-state index in [1.807, 2.05) is 32.0 Å². The maximum absolute atomic E-state index is 12.8. The molecule has 0 radical (unpaired) electrons. The topological polar surface area (TPSA) is 86.5 Å². The molecule has 31 heavy (non-hydrogen) atoms. The fraction of sp³-hybridized carbons (Fsp3) is 0.304. The van der Waals surface area contributed by atoms with Crippen molar-refractivity contribution in [3.05, 3.63) is 58.2 Å². The third kappa shape index (κ3) is 4.74. The Labute approximate surface area is 185 Å². The van der Waals surface area contributed by atoms with Crippen molar-refractivity contribution in [3.63, 3.8) is 0 Å². The van der Waals surface area contributed by atoms with Crippen molar-refractivity contribution in [2.75, 3.05) is 43.5 Å². The van der Waals surface area contributed by atoms with Crippen LogP contribution < -0.4 is 10.6 Å². The monoisotopic (exact) mass is 440 g/mol. The van der Waals surface area contributed by atoms with Crippen LogP contribution in [0.3, 0.4) is 0 Å². The van der Waals surface area contributed by atoms with Crippen molar-refractivity contribution in [1.82, 2.24) is 9.88 Å². The minimum Gasteiger partial charge on any atom is -0.379 e. The fourth-order valence-corrected chi connectivity index (χ4v) is 3.99. The highest BCUT2D eigenvalue weighted by Crippen LogP contribution is 2.28. The van der Waals surface area contributed by atoms with Gasteiger partial charge in [0, 0.05) is 29.9 Å². The standard InChI is InChI=1S/C23H25ClN4O3/c1-14-12-16(6-7-19(14)26-20(29)13-28-8-10-31-11-9-28)25-23(30)21-15(2)17-4-3-5-18(24)22(17)27-21/h3-7,12,27H,8-11,13H2,1-2H3,(H,25,30)(H,26,29). The molecule has 1 fully saturated rings. The number of anilines is 2. The van der Waals surface area contributed by atoms with Crippen molar-refractivity contribution in [3.8, 4) is 0 Å². The zero-order valence-corrected chi connectivity index (χ0v) is 18.3. The first kappa shape index (κ1) is 21.4. The van der Waals surface area contributed by atoms with E-state index < -0.39 is 0 Å². The zero-order chi connectivity index (χ0) is 22.0. The number of carbonyl (C=O) groups is 2. The average Bonchev–Trinajstić information content (AvgIpc) is 3.09. The van der Waals surface area contributed by atoms with Gasteiger partial charge < -0.3 is 20.4 Å². The zero-order valence-electron chi connectivity index (χ0n) is 17.5. The minimum absolute atomic E-state index is 0.0626. The van der Waals surface area contributed by atoms with E-state index in [0.717, 1.165) is 40.8 Å². The number of para-hydroxylation sites is 1. The molecule has 0 unspecified atom stereocenters. The maximum Gasteiger partial charge on any atom is 0.272 e. The van der Waals surface area contributed by atoms with Crippen LogP contribution in [-0.2, 0) is 9.53 Å². The summed E-state index contributed by atoms with van der Waals surface area (Å²) in [5.41, 5.74) is 4.32. The molecule has 8 heteroatoms. The normalized spacial score (nSPS) is 14.5. The Kier molecular flexibility index (Phi) is 6.27. The van der Waals surface area contributed by atoms with Crippen LogP contribution in [0, 0.1) is 13.8 Å². The summed E-state index contributed by atoms with van der Waals surface area (Å²) in [4.78, 5) is 30.4. The number of benzene rings is 2. The Morgan fingerprint density at radius 1 is 1.13 bits per heavy atom. The molecule has 2 heterocycles. The molecule has 4 rings (SSSR count). The molecule has 0 saturated carbocycles. The molecule has 3 N–H and O–H groups in total. The van der Waals surface area contributed by atoms with Gasteiger partial charge in [0.2, 0.25) is 5.91 Å². The number of hydrogen-bond acceptors (Lipinski definition) is 4. The molecule has 2 amide bonds. The summed E-state index contributed by atoms with van der Waals surface area (Å²) in [5, 5.41) is 7.37. The molecule has 1 aromatic heterocycles. The van der Waals surface area contributed by atoms with Crippen molar-refractivity contribution in [1.29, 1.82) is 0 Å². The summed E-state index contributed by atoms with van der Waals surface area (Å²) < 4.78 is 5.31. The summed E-state index contributed by atoms with van der Waals surface area (Å²) in [7, 11) is 0. The molecule has 0 atom stereocenters. The van der Waals surface area contributed by atoms with Crippen molar-refractivity contribution < 1.29 is 14.3 Å². The van der Waals surface area contributed by atoms with Gasteiger partial charge in [-0.3, -0.25) is 14.5 Å². The number of ether oxygens (including phenoxy) is 1. The van der Waals surface area contributed by atoms with Crippen LogP contribution >= 0.6 is 11.6 Å². The van der Waals surface area contributed by atoms with Crippen molar-refractivity contribution >= 4 is 45.7 Å². The minimum atomic E-state index is -0.242. The summed E-state index contributed by atoms with van der Waals surface area (Å²) in [6, 6.07) is 11.0. The highest BCUT2D eigenvalue weighted by molar-refractivity contribution is 6.35. The second-order valence-corrected chi connectivity index (χ2v) is 8.12. The lowest BCUT2D eigenvalue weighted by Gasteiger charge is -2.25. The van der Waals surface area contributed by atoms with Gasteiger partial charge in [-0.1, -0.05) is 23.7 Å². The molecule has 7 nitrogen and oxygen atoms in total. The smallest absolute Gasteiger partial charge is 0.272 e. The molecular formula is C23H25ClN4O3. The summed E-state index contributed by atoms with van der Waals surface area (Å²) in [6.07, 6.45) is 0. The number of carbonyl (C=O) groups excluding carboxylic acids is 2. The average molecular weight is 441 g/mol. The molecule has 1 aliphatic rings. The lowest BCUT2D eigenvalue weighted by molar-refractivity contribution is -0.118. The van der Waals surface area contributed by atoms with Crippen LogP contribution in [0.5, 0.6) is 0 Å². The van der Waals surface area contributed by atoms with E-state index in [1.54, 1.807) is 18.2 Å². The number of fused-ring (bicyclic) bond motifs is 1. The van der Waals surface area contributed by atoms with E-state index in [1.165, 1.54) is 0 Å². The molecular weight excluding hydrogens is 416 g/mol. The SMILES string of the molecule is Cc1cc(NC(=O)c2[nH]c3c(Cl)cccc3c2C)ccc1NC(=O)CN1CCOCC1. The maximum atomic E-state index is 12.8. The number of aryl methyl sites for hydroxylation is 2. The second kappa shape index (κ2) is 9.09. The molecule has 0 aliphatic carbocycles. The van der Waals surface area contributed by atoms with E-state index in [9.17, 15) is 9.59 Å². The number of morpholine rings is 1. The molecule has 162 valence electrons. The van der Waals surface area contributed by atoms with Gasteiger partial charge in [-0.15, -0.1) is 0 Å². The van der Waals surface area contributed by atoms with Gasteiger partial charge in [0.1, 0.15) is 5.69 Å². The van der Waals surface area contributed by atoms with Crippen molar-refractivity contribution in [2.45, 2.75) is 13.8 Å². The molecule has 3 aromatic rings. The number of hydrogen-bond donors (Lipinski definition) is 3. The first-order valence-corrected chi connectivity index (χ1v) is 10.6. The van der Waals surface area contributed by atoms with E-state index in [4.69, 9.17) is 16.3 Å². The summed E-state index contributed by atoms with van der Waals surface area (Å²) in [6.45, 7) is 6.96. The Balaban J connectivity index is 1.43. The van der Waals surface area contributed by atoms with Crippen LogP contribution in [0.15, 0.2) is 36.4 Å². The lowest BCUT2D eigenvalue weighted by Crippen LogP contribution is -2.41. The number of rotatable bonds is 5. The molecule has 1 aliphatic heterocycles. The number of halogens is 1. The third-order valence-electron chi connectivity index (χ3n) is 5.50. The van der Waals surface area contributed by atoms with Gasteiger partial charge >= 0.3 is 0 Å². The second-order valence-electron chi connectivity index (χ2n) is 7.71. The Bertz CT molecular complexity index is 1140. The van der Waals surface area contributed by atoms with Crippen LogP contribution in [0.25, 0.3) is 10.9 Å². The number of aromatic amines is 1. The molecule has 0 spiro atoms. The van der Waals surface area contributed by atoms with Crippen molar-refractivity contribution in [2.24, 2.45) is 0 Å². The van der Waals surface area contributed by atoms with Gasteiger partial charge in [-0.2, -0.15) is 0 Å². The predicted octanol–water partition coefficient (Wildman–Crippen LogP) is 3.96. The Hall–Kier alpha value is -2.87. The number of H-pyrrole nitrogens is 1. The molecule has 0 bridgehead atoms. The van der Waals surface area contributed by atoms with Gasteiger partial charge in [0.15, 0.2) is 0 Å². The van der Waals surface area contributed by atoms with Gasteiger partial charge in [-0.05, 0) is 49.2 Å². The fourth-order valence-electron chi connectivity index (χ4n) is 3.77. The third-order valence-corrected chi connectivity index (χ3v) is 5.81. The lowest BCUT2D eigenvalue weighted by atomic mass is 10.1. The van der Waals surface area contributed by atoms with Gasteiger partial charge in [-0.25, -0.2) is 0 Å². The van der Waals surface area contributed by atoms with E-state index in [-0.39, 0.29) is 11.8 Å². The van der Waals surface area contributed by atoms with E-state index >= 15 is 0 Å². The first-order chi connectivity index (χ1) is 14.9. The Morgan fingerprint density at radius 3 is 2.61 bits per heavy atom. The highest BCUT2D eigenvalue weighted by atomic mass is 35.5. The number of amides is 2. The van der Waals surface area contributed by atoms with Crippen LogP contribution in [-0.4, -0.2) is 54.5 Å². The highest BCUT2D eigenvalue weighted by Gasteiger charge is 2.17. The first-order valence-electron chi connectivity index (χ1n) is 10.2. The largest absolute Gasteiger partial charge is 0.379 e. The van der Waals surface area contributed by atoms with Gasteiger partial charge in [0.05, 0.1) is 30.3 Å². The van der Waals surface area contributed by atoms with Crippen LogP contribution in [0.4, 0.5) is 11.4 Å². The quantitative estimate of drug-likeness (QED) is 0.560. The van der Waals surface area contributed by atoms with Crippen LogP contribution in [0.1, 0.15) is 21.6 Å². The Morgan fingerprint density at radius 2 is 1.90 bits per heavy atom. The van der Waals surface area contributed by atoms with E-state index in [0.29, 0.717) is 36.2 Å².